The van der Waals surface area contributed by atoms with Gasteiger partial charge in [0.2, 0.25) is 5.91 Å². The first-order chi connectivity index (χ1) is 17.1. The van der Waals surface area contributed by atoms with Crippen molar-refractivity contribution >= 4 is 23.6 Å². The van der Waals surface area contributed by atoms with Gasteiger partial charge in [0, 0.05) is 34.3 Å². The van der Waals surface area contributed by atoms with Crippen LogP contribution in [0.5, 0.6) is 5.75 Å². The molecule has 0 unspecified atom stereocenters. The van der Waals surface area contributed by atoms with Crippen LogP contribution in [0.4, 0.5) is 4.39 Å². The molecule has 4 aromatic rings. The summed E-state index contributed by atoms with van der Waals surface area (Å²) in [5.41, 5.74) is 4.29. The maximum atomic E-state index is 13.2. The molecule has 0 atom stereocenters. The maximum Gasteiger partial charge on any atom is 0.246 e. The van der Waals surface area contributed by atoms with Crippen molar-refractivity contribution in [3.63, 3.8) is 0 Å². The molecule has 1 aliphatic heterocycles. The zero-order valence-electron chi connectivity index (χ0n) is 18.8. The van der Waals surface area contributed by atoms with Crippen molar-refractivity contribution in [3.05, 3.63) is 112 Å². The summed E-state index contributed by atoms with van der Waals surface area (Å²) in [5, 5.41) is 4.83. The Morgan fingerprint density at radius 3 is 2.63 bits per heavy atom. The molecule has 0 fully saturated rings. The minimum atomic E-state index is -0.301. The van der Waals surface area contributed by atoms with Crippen LogP contribution in [0.25, 0.3) is 17.4 Å². The van der Waals surface area contributed by atoms with Gasteiger partial charge < -0.3 is 14.2 Å². The van der Waals surface area contributed by atoms with Crippen LogP contribution in [0.1, 0.15) is 22.4 Å². The fourth-order valence-corrected chi connectivity index (χ4v) is 4.16. The predicted molar refractivity (Wildman–Crippen MR) is 132 cm³/mol. The van der Waals surface area contributed by atoms with Crippen molar-refractivity contribution in [1.29, 1.82) is 0 Å². The summed E-state index contributed by atoms with van der Waals surface area (Å²) >= 11 is 6.17. The van der Waals surface area contributed by atoms with Crippen molar-refractivity contribution < 1.29 is 18.4 Å². The number of amides is 1. The Morgan fingerprint density at radius 1 is 1.09 bits per heavy atom. The lowest BCUT2D eigenvalue weighted by Crippen LogP contribution is -2.34. The number of rotatable bonds is 6. The second kappa shape index (κ2) is 10.2. The van der Waals surface area contributed by atoms with Crippen molar-refractivity contribution in [1.82, 2.24) is 10.1 Å². The summed E-state index contributed by atoms with van der Waals surface area (Å²) < 4.78 is 24.5. The van der Waals surface area contributed by atoms with E-state index in [1.807, 2.05) is 48.5 Å². The summed E-state index contributed by atoms with van der Waals surface area (Å²) in [5.74, 6) is 0.963. The van der Waals surface area contributed by atoms with Crippen LogP contribution in [0.3, 0.4) is 0 Å². The summed E-state index contributed by atoms with van der Waals surface area (Å²) in [6.07, 6.45) is 3.97. The smallest absolute Gasteiger partial charge is 0.246 e. The molecule has 0 saturated carbocycles. The van der Waals surface area contributed by atoms with Crippen molar-refractivity contribution in [2.75, 3.05) is 6.54 Å². The molecular weight excluding hydrogens is 467 g/mol. The topological polar surface area (TPSA) is 55.6 Å². The van der Waals surface area contributed by atoms with E-state index in [9.17, 15) is 9.18 Å². The second-order valence-electron chi connectivity index (χ2n) is 8.24. The number of fused-ring (bicyclic) bond motifs is 1. The van der Waals surface area contributed by atoms with Crippen molar-refractivity contribution in [2.24, 2.45) is 0 Å². The number of halogens is 2. The molecule has 2 heterocycles. The third-order valence-electron chi connectivity index (χ3n) is 5.91. The molecule has 1 amide bonds. The third kappa shape index (κ3) is 5.28. The third-order valence-corrected chi connectivity index (χ3v) is 6.28. The van der Waals surface area contributed by atoms with Gasteiger partial charge in [-0.05, 0) is 60.5 Å². The van der Waals surface area contributed by atoms with Crippen LogP contribution in [0.15, 0.2) is 83.4 Å². The van der Waals surface area contributed by atoms with Crippen LogP contribution in [0.2, 0.25) is 5.02 Å². The lowest BCUT2D eigenvalue weighted by atomic mass is 10.0. The number of nitrogens with zero attached hydrogens (tertiary/aromatic N) is 2. The zero-order valence-corrected chi connectivity index (χ0v) is 19.5. The standard InChI is InChI=1S/C28H22ClFN2O3/c29-25-4-2-1-3-21(25)18-34-23-12-5-19(6-13-23)7-14-27(33)32-16-15-24-26(17-32)31-35-28(24)20-8-10-22(30)11-9-20/h1-14H,15-18H2/b14-7+. The zero-order chi connectivity index (χ0) is 24.2. The van der Waals surface area contributed by atoms with E-state index in [0.29, 0.717) is 36.9 Å². The molecule has 5 nitrogen and oxygen atoms in total. The highest BCUT2D eigenvalue weighted by molar-refractivity contribution is 6.31. The largest absolute Gasteiger partial charge is 0.489 e. The van der Waals surface area contributed by atoms with E-state index in [0.717, 1.165) is 33.7 Å². The number of ether oxygens (including phenoxy) is 1. The number of aromatic nitrogens is 1. The minimum absolute atomic E-state index is 0.0963. The van der Waals surface area contributed by atoms with E-state index >= 15 is 0 Å². The van der Waals surface area contributed by atoms with Gasteiger partial charge in [-0.15, -0.1) is 0 Å². The Bertz CT molecular complexity index is 1360. The van der Waals surface area contributed by atoms with Gasteiger partial charge in [-0.3, -0.25) is 4.79 Å². The SMILES string of the molecule is O=C(/C=C/c1ccc(OCc2ccccc2Cl)cc1)N1CCc2c(noc2-c2ccc(F)cc2)C1. The van der Waals surface area contributed by atoms with Crippen LogP contribution in [-0.2, 0) is 24.4 Å². The van der Waals surface area contributed by atoms with Crippen molar-refractivity contribution in [3.8, 4) is 17.1 Å². The summed E-state index contributed by atoms with van der Waals surface area (Å²) in [6.45, 7) is 1.31. The number of carbonyl (C=O) groups excluding carboxylic acids is 1. The van der Waals surface area contributed by atoms with Gasteiger partial charge in [-0.2, -0.15) is 0 Å². The summed E-state index contributed by atoms with van der Waals surface area (Å²) in [6, 6.07) is 21.2. The Hall–Kier alpha value is -3.90. The van der Waals surface area contributed by atoms with Crippen LogP contribution in [-0.4, -0.2) is 22.5 Å². The van der Waals surface area contributed by atoms with Crippen molar-refractivity contribution in [2.45, 2.75) is 19.6 Å². The fraction of sp³-hybridized carbons (Fsp3) is 0.143. The highest BCUT2D eigenvalue weighted by Gasteiger charge is 2.26. The van der Waals surface area contributed by atoms with Crippen LogP contribution >= 0.6 is 11.6 Å². The quantitative estimate of drug-likeness (QED) is 0.298. The van der Waals surface area contributed by atoms with Gasteiger partial charge in [0.25, 0.3) is 0 Å². The van der Waals surface area contributed by atoms with Gasteiger partial charge in [-0.1, -0.05) is 47.1 Å². The normalized spacial score (nSPS) is 13.1. The molecule has 3 aromatic carbocycles. The first-order valence-corrected chi connectivity index (χ1v) is 11.6. The predicted octanol–water partition coefficient (Wildman–Crippen LogP) is 6.31. The monoisotopic (exact) mass is 488 g/mol. The molecule has 35 heavy (non-hydrogen) atoms. The molecule has 1 aliphatic rings. The molecular formula is C28H22ClFN2O3. The average Bonchev–Trinajstić information content (AvgIpc) is 3.31. The summed E-state index contributed by atoms with van der Waals surface area (Å²) in [4.78, 5) is 14.5. The molecule has 0 aliphatic carbocycles. The highest BCUT2D eigenvalue weighted by atomic mass is 35.5. The van der Waals surface area contributed by atoms with E-state index < -0.39 is 0 Å². The Labute approximate surface area is 207 Å². The second-order valence-corrected chi connectivity index (χ2v) is 8.64. The molecule has 0 N–H and O–H groups in total. The van der Waals surface area contributed by atoms with Gasteiger partial charge in [0.05, 0.1) is 6.54 Å². The van der Waals surface area contributed by atoms with Gasteiger partial charge in [-0.25, -0.2) is 4.39 Å². The lowest BCUT2D eigenvalue weighted by Gasteiger charge is -2.24. The first kappa shape index (κ1) is 22.9. The van der Waals surface area contributed by atoms with Gasteiger partial charge >= 0.3 is 0 Å². The molecule has 0 bridgehead atoms. The molecule has 5 rings (SSSR count). The number of hydrogen-bond donors (Lipinski definition) is 0. The molecule has 0 spiro atoms. The lowest BCUT2D eigenvalue weighted by molar-refractivity contribution is -0.126. The average molecular weight is 489 g/mol. The molecule has 1 aromatic heterocycles. The molecule has 7 heteroatoms. The maximum absolute atomic E-state index is 13.2. The van der Waals surface area contributed by atoms with E-state index in [4.69, 9.17) is 20.9 Å². The van der Waals surface area contributed by atoms with Gasteiger partial charge in [0.1, 0.15) is 23.9 Å². The Balaban J connectivity index is 1.18. The van der Waals surface area contributed by atoms with E-state index in [-0.39, 0.29) is 11.7 Å². The van der Waals surface area contributed by atoms with Gasteiger partial charge in [0.15, 0.2) is 5.76 Å². The van der Waals surface area contributed by atoms with E-state index in [1.165, 1.54) is 12.1 Å². The Kier molecular flexibility index (Phi) is 6.64. The van der Waals surface area contributed by atoms with Crippen LogP contribution in [0, 0.1) is 5.82 Å². The van der Waals surface area contributed by atoms with Crippen LogP contribution < -0.4 is 4.74 Å². The highest BCUT2D eigenvalue weighted by Crippen LogP contribution is 2.30. The van der Waals surface area contributed by atoms with E-state index in [1.54, 1.807) is 29.2 Å². The van der Waals surface area contributed by atoms with E-state index in [2.05, 4.69) is 5.16 Å². The number of carbonyl (C=O) groups is 1. The number of benzene rings is 3. The fourth-order valence-electron chi connectivity index (χ4n) is 3.97. The molecule has 0 saturated heterocycles. The first-order valence-electron chi connectivity index (χ1n) is 11.2. The number of hydrogen-bond acceptors (Lipinski definition) is 4. The summed E-state index contributed by atoms with van der Waals surface area (Å²) in [7, 11) is 0. The molecule has 0 radical (unpaired) electrons. The molecule has 176 valence electrons. The minimum Gasteiger partial charge on any atom is -0.489 e. The Morgan fingerprint density at radius 2 is 1.86 bits per heavy atom.